The zero-order chi connectivity index (χ0) is 16.9. The molecule has 5 nitrogen and oxygen atoms in total. The van der Waals surface area contributed by atoms with Crippen molar-refractivity contribution in [1.82, 2.24) is 0 Å². The molecule has 24 heavy (non-hydrogen) atoms. The second kappa shape index (κ2) is 7.25. The lowest BCUT2D eigenvalue weighted by Crippen LogP contribution is -2.29. The second-order valence-corrected chi connectivity index (χ2v) is 5.93. The molecular formula is C19H22N2O3. The standard InChI is InChI=1S/C19H22N2O3/c1-24-16-9-10-17(18(22)13-16)19(23)20-14-5-7-15(8-6-14)21-11-3-2-4-12-21/h5-10,13,22H,2-4,11-12H2,1H3,(H,20,23). The van der Waals surface area contributed by atoms with Crippen LogP contribution in [0.25, 0.3) is 0 Å². The van der Waals surface area contributed by atoms with Crippen LogP contribution in [0.1, 0.15) is 29.6 Å². The van der Waals surface area contributed by atoms with Crippen LogP contribution in [0.15, 0.2) is 42.5 Å². The fourth-order valence-corrected chi connectivity index (χ4v) is 2.94. The number of phenols is 1. The summed E-state index contributed by atoms with van der Waals surface area (Å²) in [7, 11) is 1.51. The van der Waals surface area contributed by atoms with Crippen molar-refractivity contribution in [1.29, 1.82) is 0 Å². The van der Waals surface area contributed by atoms with E-state index >= 15 is 0 Å². The summed E-state index contributed by atoms with van der Waals surface area (Å²) in [6.45, 7) is 2.18. The van der Waals surface area contributed by atoms with Gasteiger partial charge in [0.15, 0.2) is 0 Å². The maximum atomic E-state index is 12.3. The number of amides is 1. The number of ether oxygens (including phenoxy) is 1. The van der Waals surface area contributed by atoms with Crippen molar-refractivity contribution in [3.63, 3.8) is 0 Å². The largest absolute Gasteiger partial charge is 0.507 e. The quantitative estimate of drug-likeness (QED) is 0.900. The van der Waals surface area contributed by atoms with Gasteiger partial charge < -0.3 is 20.1 Å². The maximum Gasteiger partial charge on any atom is 0.259 e. The van der Waals surface area contributed by atoms with Gasteiger partial charge in [0.1, 0.15) is 11.5 Å². The van der Waals surface area contributed by atoms with Crippen LogP contribution in [-0.2, 0) is 0 Å². The van der Waals surface area contributed by atoms with Crippen molar-refractivity contribution in [2.24, 2.45) is 0 Å². The van der Waals surface area contributed by atoms with Crippen molar-refractivity contribution in [3.05, 3.63) is 48.0 Å². The Morgan fingerprint density at radius 2 is 1.79 bits per heavy atom. The Morgan fingerprint density at radius 1 is 1.08 bits per heavy atom. The number of phenolic OH excluding ortho intramolecular Hbond substituents is 1. The summed E-state index contributed by atoms with van der Waals surface area (Å²) in [4.78, 5) is 14.7. The number of hydrogen-bond donors (Lipinski definition) is 2. The molecule has 1 amide bonds. The minimum absolute atomic E-state index is 0.100. The van der Waals surface area contributed by atoms with Gasteiger partial charge in [-0.1, -0.05) is 0 Å². The lowest BCUT2D eigenvalue weighted by atomic mass is 10.1. The number of hydrogen-bond acceptors (Lipinski definition) is 4. The highest BCUT2D eigenvalue weighted by Gasteiger charge is 2.13. The minimum Gasteiger partial charge on any atom is -0.507 e. The molecule has 0 aromatic heterocycles. The summed E-state index contributed by atoms with van der Waals surface area (Å²) < 4.78 is 5.02. The van der Waals surface area contributed by atoms with Gasteiger partial charge in [-0.25, -0.2) is 0 Å². The first-order valence-corrected chi connectivity index (χ1v) is 8.21. The van der Waals surface area contributed by atoms with E-state index in [0.29, 0.717) is 11.4 Å². The van der Waals surface area contributed by atoms with Crippen LogP contribution in [0.2, 0.25) is 0 Å². The molecule has 1 heterocycles. The van der Waals surface area contributed by atoms with Gasteiger partial charge in [0, 0.05) is 30.5 Å². The first-order valence-electron chi connectivity index (χ1n) is 8.21. The first-order chi connectivity index (χ1) is 11.7. The number of anilines is 2. The Bertz CT molecular complexity index is 707. The molecule has 0 unspecified atom stereocenters. The van der Waals surface area contributed by atoms with Gasteiger partial charge in [0.2, 0.25) is 0 Å². The summed E-state index contributed by atoms with van der Waals surface area (Å²) in [5, 5.41) is 12.7. The molecule has 3 rings (SSSR count). The van der Waals surface area contributed by atoms with E-state index in [9.17, 15) is 9.90 Å². The third-order valence-electron chi connectivity index (χ3n) is 4.30. The Balaban J connectivity index is 1.68. The number of methoxy groups -OCH3 is 1. The molecule has 5 heteroatoms. The predicted octanol–water partition coefficient (Wildman–Crippen LogP) is 3.64. The lowest BCUT2D eigenvalue weighted by molar-refractivity contribution is 0.102. The molecule has 126 valence electrons. The van der Waals surface area contributed by atoms with Gasteiger partial charge in [-0.05, 0) is 55.7 Å². The number of carbonyl (C=O) groups excluding carboxylic acids is 1. The normalized spacial score (nSPS) is 14.3. The summed E-state index contributed by atoms with van der Waals surface area (Å²) in [5.41, 5.74) is 2.10. The fourth-order valence-electron chi connectivity index (χ4n) is 2.94. The van der Waals surface area contributed by atoms with Crippen molar-refractivity contribution >= 4 is 17.3 Å². The topological polar surface area (TPSA) is 61.8 Å². The van der Waals surface area contributed by atoms with Gasteiger partial charge in [-0.3, -0.25) is 4.79 Å². The van der Waals surface area contributed by atoms with Crippen LogP contribution in [0.5, 0.6) is 11.5 Å². The van der Waals surface area contributed by atoms with Crippen LogP contribution in [-0.4, -0.2) is 31.2 Å². The molecule has 2 N–H and O–H groups in total. The van der Waals surface area contributed by atoms with E-state index in [4.69, 9.17) is 4.74 Å². The molecule has 0 spiro atoms. The third-order valence-corrected chi connectivity index (χ3v) is 4.30. The Kier molecular flexibility index (Phi) is 4.89. The van der Waals surface area contributed by atoms with E-state index in [2.05, 4.69) is 10.2 Å². The highest BCUT2D eigenvalue weighted by molar-refractivity contribution is 6.06. The van der Waals surface area contributed by atoms with E-state index in [-0.39, 0.29) is 17.2 Å². The lowest BCUT2D eigenvalue weighted by Gasteiger charge is -2.28. The van der Waals surface area contributed by atoms with Crippen molar-refractivity contribution in [2.45, 2.75) is 19.3 Å². The maximum absolute atomic E-state index is 12.3. The summed E-state index contributed by atoms with van der Waals surface area (Å²) >= 11 is 0. The van der Waals surface area contributed by atoms with E-state index in [1.54, 1.807) is 12.1 Å². The second-order valence-electron chi connectivity index (χ2n) is 5.93. The molecule has 2 aromatic carbocycles. The van der Waals surface area contributed by atoms with Gasteiger partial charge in [0.25, 0.3) is 5.91 Å². The molecule has 1 aliphatic heterocycles. The van der Waals surface area contributed by atoms with Crippen LogP contribution in [0.4, 0.5) is 11.4 Å². The third kappa shape index (κ3) is 3.62. The summed E-state index contributed by atoms with van der Waals surface area (Å²) in [5.74, 6) is 0.0626. The van der Waals surface area contributed by atoms with E-state index in [0.717, 1.165) is 13.1 Å². The number of piperidine rings is 1. The van der Waals surface area contributed by atoms with Crippen molar-refractivity contribution < 1.29 is 14.6 Å². The zero-order valence-electron chi connectivity index (χ0n) is 13.8. The van der Waals surface area contributed by atoms with Gasteiger partial charge in [0.05, 0.1) is 12.7 Å². The molecule has 2 aromatic rings. The van der Waals surface area contributed by atoms with E-state index < -0.39 is 0 Å². The highest BCUT2D eigenvalue weighted by Crippen LogP contribution is 2.25. The number of nitrogens with zero attached hydrogens (tertiary/aromatic N) is 1. The molecule has 1 fully saturated rings. The van der Waals surface area contributed by atoms with Crippen molar-refractivity contribution in [2.75, 3.05) is 30.4 Å². The SMILES string of the molecule is COc1ccc(C(=O)Nc2ccc(N3CCCCC3)cc2)c(O)c1. The van der Waals surface area contributed by atoms with Gasteiger partial charge in [-0.2, -0.15) is 0 Å². The molecule has 0 bridgehead atoms. The zero-order valence-corrected chi connectivity index (χ0v) is 13.8. The Hall–Kier alpha value is -2.69. The summed E-state index contributed by atoms with van der Waals surface area (Å²) in [6, 6.07) is 12.4. The molecule has 1 saturated heterocycles. The minimum atomic E-state index is -0.346. The number of rotatable bonds is 4. The molecular weight excluding hydrogens is 304 g/mol. The number of carbonyl (C=O) groups is 1. The molecule has 0 radical (unpaired) electrons. The summed E-state index contributed by atoms with van der Waals surface area (Å²) in [6.07, 6.45) is 3.76. The molecule has 0 aliphatic carbocycles. The van der Waals surface area contributed by atoms with E-state index in [1.165, 1.54) is 38.1 Å². The average Bonchev–Trinajstić information content (AvgIpc) is 2.63. The van der Waals surface area contributed by atoms with Crippen LogP contribution in [0.3, 0.4) is 0 Å². The molecule has 1 aliphatic rings. The molecule has 0 saturated carbocycles. The average molecular weight is 326 g/mol. The first kappa shape index (κ1) is 16.2. The van der Waals surface area contributed by atoms with Crippen LogP contribution in [0, 0.1) is 0 Å². The molecule has 0 atom stereocenters. The predicted molar refractivity (Wildman–Crippen MR) is 95.1 cm³/mol. The highest BCUT2D eigenvalue weighted by atomic mass is 16.5. The smallest absolute Gasteiger partial charge is 0.259 e. The number of benzene rings is 2. The fraction of sp³-hybridized carbons (Fsp3) is 0.316. The van der Waals surface area contributed by atoms with Gasteiger partial charge in [-0.15, -0.1) is 0 Å². The monoisotopic (exact) mass is 326 g/mol. The van der Waals surface area contributed by atoms with Crippen LogP contribution < -0.4 is 15.0 Å². The van der Waals surface area contributed by atoms with Crippen LogP contribution >= 0.6 is 0 Å². The number of nitrogens with one attached hydrogen (secondary N) is 1. The van der Waals surface area contributed by atoms with E-state index in [1.807, 2.05) is 24.3 Å². The number of aromatic hydroxyl groups is 1. The van der Waals surface area contributed by atoms with Gasteiger partial charge >= 0.3 is 0 Å². The van der Waals surface area contributed by atoms with Crippen molar-refractivity contribution in [3.8, 4) is 11.5 Å². The Labute approximate surface area is 141 Å². The Morgan fingerprint density at radius 3 is 2.42 bits per heavy atom.